The first kappa shape index (κ1) is 15.7. The summed E-state index contributed by atoms with van der Waals surface area (Å²) in [7, 11) is 1.50. The van der Waals surface area contributed by atoms with Crippen molar-refractivity contribution in [2.45, 2.75) is 13.5 Å². The number of nitrogens with one attached hydrogen (secondary N) is 1. The molecule has 2 aromatic rings. The molecule has 1 aromatic carbocycles. The van der Waals surface area contributed by atoms with E-state index in [2.05, 4.69) is 15.3 Å². The molecule has 0 aliphatic carbocycles. The standard InChI is InChI=1S/C15H15F2N3O2/c1-10(21-2)7-18-14-13(17)8-19-15(20-14)22-9-11-3-5-12(16)6-4-11/h3-8H,9H2,1-2H3,(H,18,19,20)/b10-7-. The van der Waals surface area contributed by atoms with Gasteiger partial charge in [0.05, 0.1) is 13.3 Å². The molecule has 5 nitrogen and oxygen atoms in total. The summed E-state index contributed by atoms with van der Waals surface area (Å²) in [5.41, 5.74) is 0.749. The minimum absolute atomic E-state index is 0.0108. The quantitative estimate of drug-likeness (QED) is 0.830. The summed E-state index contributed by atoms with van der Waals surface area (Å²) in [5.74, 6) is -0.407. The van der Waals surface area contributed by atoms with Crippen molar-refractivity contribution in [3.8, 4) is 6.01 Å². The fourth-order valence-electron chi connectivity index (χ4n) is 1.48. The number of nitrogens with zero attached hydrogens (tertiary/aromatic N) is 2. The zero-order valence-electron chi connectivity index (χ0n) is 12.1. The second kappa shape index (κ2) is 7.35. The fraction of sp³-hybridized carbons (Fsp3) is 0.200. The van der Waals surface area contributed by atoms with Gasteiger partial charge in [-0.2, -0.15) is 4.98 Å². The molecule has 0 aliphatic rings. The number of hydrogen-bond donors (Lipinski definition) is 1. The van der Waals surface area contributed by atoms with E-state index in [1.54, 1.807) is 19.1 Å². The SMILES string of the molecule is CO/C(C)=C\Nc1nc(OCc2ccc(F)cc2)ncc1F. The third-order valence-corrected chi connectivity index (χ3v) is 2.74. The number of anilines is 1. The van der Waals surface area contributed by atoms with E-state index in [-0.39, 0.29) is 24.3 Å². The van der Waals surface area contributed by atoms with Crippen LogP contribution in [0.15, 0.2) is 42.4 Å². The molecule has 2 rings (SSSR count). The number of allylic oxidation sites excluding steroid dienone is 1. The fourth-order valence-corrected chi connectivity index (χ4v) is 1.48. The van der Waals surface area contributed by atoms with E-state index >= 15 is 0 Å². The first-order chi connectivity index (χ1) is 10.6. The van der Waals surface area contributed by atoms with Gasteiger partial charge in [-0.1, -0.05) is 12.1 Å². The van der Waals surface area contributed by atoms with Gasteiger partial charge < -0.3 is 14.8 Å². The van der Waals surface area contributed by atoms with Gasteiger partial charge in [0, 0.05) is 6.20 Å². The molecule has 0 atom stereocenters. The molecule has 116 valence electrons. The molecule has 1 N–H and O–H groups in total. The number of hydrogen-bond acceptors (Lipinski definition) is 5. The molecule has 0 unspecified atom stereocenters. The lowest BCUT2D eigenvalue weighted by Crippen LogP contribution is -2.04. The number of ether oxygens (including phenoxy) is 2. The van der Waals surface area contributed by atoms with Crippen molar-refractivity contribution in [3.63, 3.8) is 0 Å². The molecule has 0 saturated heterocycles. The molecule has 0 fully saturated rings. The van der Waals surface area contributed by atoms with Crippen molar-refractivity contribution in [2.24, 2.45) is 0 Å². The third-order valence-electron chi connectivity index (χ3n) is 2.74. The maximum Gasteiger partial charge on any atom is 0.318 e. The summed E-state index contributed by atoms with van der Waals surface area (Å²) >= 11 is 0. The molecule has 0 amide bonds. The average Bonchev–Trinajstić information content (AvgIpc) is 2.54. The number of benzene rings is 1. The molecule has 0 bridgehead atoms. The van der Waals surface area contributed by atoms with Crippen molar-refractivity contribution in [1.82, 2.24) is 9.97 Å². The van der Waals surface area contributed by atoms with Crippen LogP contribution in [0.3, 0.4) is 0 Å². The van der Waals surface area contributed by atoms with Crippen LogP contribution in [-0.2, 0) is 11.3 Å². The monoisotopic (exact) mass is 307 g/mol. The van der Waals surface area contributed by atoms with E-state index in [4.69, 9.17) is 9.47 Å². The second-order valence-electron chi connectivity index (χ2n) is 4.37. The van der Waals surface area contributed by atoms with E-state index in [9.17, 15) is 8.78 Å². The van der Waals surface area contributed by atoms with Crippen LogP contribution >= 0.6 is 0 Å². The van der Waals surface area contributed by atoms with Crippen LogP contribution in [0, 0.1) is 11.6 Å². The topological polar surface area (TPSA) is 56.3 Å². The van der Waals surface area contributed by atoms with Crippen molar-refractivity contribution in [3.05, 3.63) is 59.6 Å². The van der Waals surface area contributed by atoms with Gasteiger partial charge in [-0.05, 0) is 24.6 Å². The maximum absolute atomic E-state index is 13.6. The Balaban J connectivity index is 2.04. The minimum atomic E-state index is -0.616. The van der Waals surface area contributed by atoms with Crippen molar-refractivity contribution >= 4 is 5.82 Å². The highest BCUT2D eigenvalue weighted by atomic mass is 19.1. The smallest absolute Gasteiger partial charge is 0.318 e. The molecule has 22 heavy (non-hydrogen) atoms. The zero-order valence-corrected chi connectivity index (χ0v) is 12.1. The Hall–Kier alpha value is -2.70. The van der Waals surface area contributed by atoms with E-state index in [0.29, 0.717) is 5.76 Å². The van der Waals surface area contributed by atoms with Crippen LogP contribution in [-0.4, -0.2) is 17.1 Å². The van der Waals surface area contributed by atoms with Crippen LogP contribution in [0.2, 0.25) is 0 Å². The van der Waals surface area contributed by atoms with Crippen LogP contribution < -0.4 is 10.1 Å². The van der Waals surface area contributed by atoms with E-state index < -0.39 is 5.82 Å². The van der Waals surface area contributed by atoms with Gasteiger partial charge >= 0.3 is 6.01 Å². The Morgan fingerprint density at radius 3 is 2.68 bits per heavy atom. The summed E-state index contributed by atoms with van der Waals surface area (Å²) in [4.78, 5) is 7.66. The van der Waals surface area contributed by atoms with Crippen LogP contribution in [0.4, 0.5) is 14.6 Å². The summed E-state index contributed by atoms with van der Waals surface area (Å²) < 4.78 is 36.7. The lowest BCUT2D eigenvalue weighted by atomic mass is 10.2. The number of halogens is 2. The van der Waals surface area contributed by atoms with Crippen molar-refractivity contribution in [2.75, 3.05) is 12.4 Å². The summed E-state index contributed by atoms with van der Waals surface area (Å²) in [6.07, 6.45) is 2.47. The third kappa shape index (κ3) is 4.41. The lowest BCUT2D eigenvalue weighted by Gasteiger charge is -2.07. The van der Waals surface area contributed by atoms with Gasteiger partial charge in [-0.15, -0.1) is 0 Å². The Morgan fingerprint density at radius 2 is 2.00 bits per heavy atom. The summed E-state index contributed by atoms with van der Waals surface area (Å²) in [6.45, 7) is 1.86. The predicted octanol–water partition coefficient (Wildman–Crippen LogP) is 3.25. The number of aromatic nitrogens is 2. The van der Waals surface area contributed by atoms with Crippen LogP contribution in [0.25, 0.3) is 0 Å². The van der Waals surface area contributed by atoms with Gasteiger partial charge in [0.15, 0.2) is 11.6 Å². The van der Waals surface area contributed by atoms with Crippen LogP contribution in [0.5, 0.6) is 6.01 Å². The molecule has 1 heterocycles. The first-order valence-corrected chi connectivity index (χ1v) is 6.45. The first-order valence-electron chi connectivity index (χ1n) is 6.45. The van der Waals surface area contributed by atoms with Crippen molar-refractivity contribution < 1.29 is 18.3 Å². The maximum atomic E-state index is 13.6. The van der Waals surface area contributed by atoms with Gasteiger partial charge in [0.2, 0.25) is 0 Å². The summed E-state index contributed by atoms with van der Waals surface area (Å²) in [6, 6.07) is 5.84. The van der Waals surface area contributed by atoms with Gasteiger partial charge in [0.1, 0.15) is 18.2 Å². The number of rotatable bonds is 6. The largest absolute Gasteiger partial charge is 0.500 e. The minimum Gasteiger partial charge on any atom is -0.500 e. The lowest BCUT2D eigenvalue weighted by molar-refractivity contribution is 0.279. The van der Waals surface area contributed by atoms with Gasteiger partial charge in [-0.25, -0.2) is 13.8 Å². The Morgan fingerprint density at radius 1 is 1.27 bits per heavy atom. The Kier molecular flexibility index (Phi) is 5.24. The molecule has 7 heteroatoms. The van der Waals surface area contributed by atoms with Gasteiger partial charge in [0.25, 0.3) is 0 Å². The predicted molar refractivity (Wildman–Crippen MR) is 77.1 cm³/mol. The second-order valence-corrected chi connectivity index (χ2v) is 4.37. The normalized spacial score (nSPS) is 11.2. The van der Waals surface area contributed by atoms with E-state index in [0.717, 1.165) is 11.8 Å². The highest BCUT2D eigenvalue weighted by Crippen LogP contribution is 2.15. The molecule has 1 aromatic heterocycles. The molecule has 0 aliphatic heterocycles. The number of methoxy groups -OCH3 is 1. The molecular formula is C15H15F2N3O2. The van der Waals surface area contributed by atoms with E-state index in [1.165, 1.54) is 25.4 Å². The van der Waals surface area contributed by atoms with Crippen LogP contribution in [0.1, 0.15) is 12.5 Å². The Bertz CT molecular complexity index is 660. The highest BCUT2D eigenvalue weighted by molar-refractivity contribution is 5.39. The van der Waals surface area contributed by atoms with Gasteiger partial charge in [-0.3, -0.25) is 0 Å². The molecule has 0 saturated carbocycles. The highest BCUT2D eigenvalue weighted by Gasteiger charge is 2.07. The van der Waals surface area contributed by atoms with Crippen molar-refractivity contribution in [1.29, 1.82) is 0 Å². The Labute approximate surface area is 126 Å². The molecular weight excluding hydrogens is 292 g/mol. The summed E-state index contributed by atoms with van der Waals surface area (Å²) in [5, 5.41) is 2.67. The zero-order chi connectivity index (χ0) is 15.9. The van der Waals surface area contributed by atoms with E-state index in [1.807, 2.05) is 0 Å². The molecule has 0 spiro atoms. The average molecular weight is 307 g/mol. The molecule has 0 radical (unpaired) electrons.